The molecule has 0 saturated carbocycles. The maximum absolute atomic E-state index is 10.9. The molecule has 1 N–H and O–H groups in total. The summed E-state index contributed by atoms with van der Waals surface area (Å²) in [4.78, 5) is 14.9. The molecule has 1 aromatic heterocycles. The summed E-state index contributed by atoms with van der Waals surface area (Å²) in [6.07, 6.45) is 1.31. The van der Waals surface area contributed by atoms with Crippen LogP contribution in [0.4, 0.5) is 0 Å². The molecule has 2 aromatic rings. The second-order valence-electron chi connectivity index (χ2n) is 3.86. The van der Waals surface area contributed by atoms with Gasteiger partial charge in [-0.15, -0.1) is 0 Å². The Kier molecular flexibility index (Phi) is 3.70. The van der Waals surface area contributed by atoms with Crippen LogP contribution in [0.3, 0.4) is 0 Å². The van der Waals surface area contributed by atoms with Gasteiger partial charge in [-0.3, -0.25) is 0 Å². The molecule has 100 valence electrons. The highest BCUT2D eigenvalue weighted by Crippen LogP contribution is 2.26. The number of ether oxygens (including phenoxy) is 2. The highest BCUT2D eigenvalue weighted by atomic mass is 16.5. The average molecular weight is 262 g/mol. The van der Waals surface area contributed by atoms with E-state index in [-0.39, 0.29) is 12.3 Å². The van der Waals surface area contributed by atoms with E-state index in [1.165, 1.54) is 10.8 Å². The molecule has 6 nitrogen and oxygen atoms in total. The highest BCUT2D eigenvalue weighted by molar-refractivity contribution is 5.85. The van der Waals surface area contributed by atoms with Crippen LogP contribution in [0.1, 0.15) is 16.3 Å². The van der Waals surface area contributed by atoms with Crippen molar-refractivity contribution in [2.75, 3.05) is 7.11 Å². The minimum atomic E-state index is -1.02. The third-order valence-corrected chi connectivity index (χ3v) is 2.73. The van der Waals surface area contributed by atoms with E-state index < -0.39 is 5.97 Å². The van der Waals surface area contributed by atoms with Gasteiger partial charge in [0.2, 0.25) is 0 Å². The van der Waals surface area contributed by atoms with E-state index in [2.05, 4.69) is 4.98 Å². The fourth-order valence-electron chi connectivity index (χ4n) is 1.66. The van der Waals surface area contributed by atoms with Crippen molar-refractivity contribution >= 4 is 5.97 Å². The van der Waals surface area contributed by atoms with E-state index in [4.69, 9.17) is 14.6 Å². The summed E-state index contributed by atoms with van der Waals surface area (Å²) >= 11 is 0. The highest BCUT2D eigenvalue weighted by Gasteiger charge is 2.13. The molecule has 19 heavy (non-hydrogen) atoms. The summed E-state index contributed by atoms with van der Waals surface area (Å²) in [5, 5.41) is 8.92. The van der Waals surface area contributed by atoms with Crippen molar-refractivity contribution < 1.29 is 19.4 Å². The molecule has 6 heteroatoms. The van der Waals surface area contributed by atoms with Crippen molar-refractivity contribution in [2.24, 2.45) is 7.05 Å². The first-order chi connectivity index (χ1) is 9.13. The number of para-hydroxylation sites is 2. The van der Waals surface area contributed by atoms with Crippen LogP contribution in [0.15, 0.2) is 30.5 Å². The first-order valence-corrected chi connectivity index (χ1v) is 5.63. The first-order valence-electron chi connectivity index (χ1n) is 5.63. The van der Waals surface area contributed by atoms with E-state index in [1.807, 2.05) is 12.1 Å². The van der Waals surface area contributed by atoms with Crippen molar-refractivity contribution in [3.63, 3.8) is 0 Å². The van der Waals surface area contributed by atoms with Crippen LogP contribution in [-0.4, -0.2) is 27.7 Å². The van der Waals surface area contributed by atoms with Crippen molar-refractivity contribution in [2.45, 2.75) is 6.61 Å². The quantitative estimate of drug-likeness (QED) is 0.887. The lowest BCUT2D eigenvalue weighted by Crippen LogP contribution is -2.09. The Balaban J connectivity index is 2.13. The predicted octanol–water partition coefficient (Wildman–Crippen LogP) is 1.71. The molecule has 1 aromatic carbocycles. The number of rotatable bonds is 5. The molecular formula is C13H14N2O4. The number of carboxylic acid groups (broad SMARTS) is 1. The molecule has 0 aliphatic rings. The first kappa shape index (κ1) is 12.9. The zero-order valence-electron chi connectivity index (χ0n) is 10.7. The SMILES string of the molecule is COc1ccccc1OCc1ncc(C(=O)O)n1C. The number of methoxy groups -OCH3 is 1. The molecule has 0 radical (unpaired) electrons. The number of nitrogens with zero attached hydrogens (tertiary/aromatic N) is 2. The van der Waals surface area contributed by atoms with Gasteiger partial charge in [0.05, 0.1) is 13.3 Å². The predicted molar refractivity (Wildman–Crippen MR) is 67.5 cm³/mol. The van der Waals surface area contributed by atoms with E-state index in [9.17, 15) is 4.79 Å². The number of carboxylic acids is 1. The molecule has 0 atom stereocenters. The fourth-order valence-corrected chi connectivity index (χ4v) is 1.66. The number of carbonyl (C=O) groups is 1. The Hall–Kier alpha value is -2.50. The molecule has 0 bridgehead atoms. The number of imidazole rings is 1. The van der Waals surface area contributed by atoms with Gasteiger partial charge in [0, 0.05) is 7.05 Å². The minimum Gasteiger partial charge on any atom is -0.493 e. The summed E-state index contributed by atoms with van der Waals surface area (Å²) < 4.78 is 12.2. The standard InChI is InChI=1S/C13H14N2O4/c1-15-9(13(16)17)7-14-12(15)8-19-11-6-4-3-5-10(11)18-2/h3-7H,8H2,1-2H3,(H,16,17). The molecule has 0 aliphatic heterocycles. The smallest absolute Gasteiger partial charge is 0.354 e. The molecule has 0 amide bonds. The molecular weight excluding hydrogens is 248 g/mol. The zero-order valence-corrected chi connectivity index (χ0v) is 10.7. The molecule has 0 aliphatic carbocycles. The van der Waals surface area contributed by atoms with Gasteiger partial charge in [-0.1, -0.05) is 12.1 Å². The van der Waals surface area contributed by atoms with E-state index in [0.29, 0.717) is 17.3 Å². The van der Waals surface area contributed by atoms with Gasteiger partial charge in [-0.05, 0) is 12.1 Å². The Bertz CT molecular complexity index is 592. The van der Waals surface area contributed by atoms with Crippen molar-refractivity contribution in [3.8, 4) is 11.5 Å². The van der Waals surface area contributed by atoms with Crippen molar-refractivity contribution in [1.29, 1.82) is 0 Å². The Labute approximate surface area is 110 Å². The van der Waals surface area contributed by atoms with Crippen LogP contribution in [0.2, 0.25) is 0 Å². The van der Waals surface area contributed by atoms with Crippen LogP contribution in [-0.2, 0) is 13.7 Å². The lowest BCUT2D eigenvalue weighted by atomic mass is 10.3. The molecule has 0 spiro atoms. The lowest BCUT2D eigenvalue weighted by molar-refractivity contribution is 0.0686. The van der Waals surface area contributed by atoms with Gasteiger partial charge in [0.15, 0.2) is 11.5 Å². The summed E-state index contributed by atoms with van der Waals surface area (Å²) in [7, 11) is 3.20. The number of hydrogen-bond acceptors (Lipinski definition) is 4. The van der Waals surface area contributed by atoms with Crippen molar-refractivity contribution in [1.82, 2.24) is 9.55 Å². The molecule has 0 unspecified atom stereocenters. The largest absolute Gasteiger partial charge is 0.493 e. The van der Waals surface area contributed by atoms with E-state index in [0.717, 1.165) is 0 Å². The Morgan fingerprint density at radius 3 is 2.63 bits per heavy atom. The third kappa shape index (κ3) is 2.67. The molecule has 0 saturated heterocycles. The van der Waals surface area contributed by atoms with Gasteiger partial charge in [-0.25, -0.2) is 9.78 Å². The normalized spacial score (nSPS) is 10.2. The molecule has 2 rings (SSSR count). The number of hydrogen-bond donors (Lipinski definition) is 1. The third-order valence-electron chi connectivity index (χ3n) is 2.73. The van der Waals surface area contributed by atoms with Gasteiger partial charge in [0.25, 0.3) is 0 Å². The van der Waals surface area contributed by atoms with Crippen molar-refractivity contribution in [3.05, 3.63) is 42.0 Å². The van der Waals surface area contributed by atoms with Gasteiger partial charge < -0.3 is 19.1 Å². The number of benzene rings is 1. The Morgan fingerprint density at radius 1 is 1.37 bits per heavy atom. The fraction of sp³-hybridized carbons (Fsp3) is 0.231. The Morgan fingerprint density at radius 2 is 2.05 bits per heavy atom. The second-order valence-corrected chi connectivity index (χ2v) is 3.86. The van der Waals surface area contributed by atoms with Crippen LogP contribution in [0.25, 0.3) is 0 Å². The van der Waals surface area contributed by atoms with Crippen LogP contribution < -0.4 is 9.47 Å². The second kappa shape index (κ2) is 5.43. The molecule has 0 fully saturated rings. The zero-order chi connectivity index (χ0) is 13.8. The topological polar surface area (TPSA) is 73.6 Å². The summed E-state index contributed by atoms with van der Waals surface area (Å²) in [5.41, 5.74) is 0.124. The maximum atomic E-state index is 10.9. The van der Waals surface area contributed by atoms with Gasteiger partial charge in [-0.2, -0.15) is 0 Å². The minimum absolute atomic E-state index is 0.124. The van der Waals surface area contributed by atoms with E-state index >= 15 is 0 Å². The maximum Gasteiger partial charge on any atom is 0.354 e. The van der Waals surface area contributed by atoms with Gasteiger partial charge >= 0.3 is 5.97 Å². The monoisotopic (exact) mass is 262 g/mol. The number of aromatic carboxylic acids is 1. The van der Waals surface area contributed by atoms with Crippen LogP contribution >= 0.6 is 0 Å². The lowest BCUT2D eigenvalue weighted by Gasteiger charge is -2.10. The summed E-state index contributed by atoms with van der Waals surface area (Å²) in [5.74, 6) is 0.724. The van der Waals surface area contributed by atoms with Crippen LogP contribution in [0.5, 0.6) is 11.5 Å². The number of aromatic nitrogens is 2. The summed E-state index contributed by atoms with van der Waals surface area (Å²) in [6.45, 7) is 0.171. The van der Waals surface area contributed by atoms with Gasteiger partial charge in [0.1, 0.15) is 18.1 Å². The average Bonchev–Trinajstić information content (AvgIpc) is 2.78. The summed E-state index contributed by atoms with van der Waals surface area (Å²) in [6, 6.07) is 7.24. The molecule has 1 heterocycles. The van der Waals surface area contributed by atoms with Crippen LogP contribution in [0, 0.1) is 0 Å². The van der Waals surface area contributed by atoms with E-state index in [1.54, 1.807) is 26.3 Å².